The fourth-order valence-electron chi connectivity index (χ4n) is 1.66. The summed E-state index contributed by atoms with van der Waals surface area (Å²) in [6.07, 6.45) is 1.79. The van der Waals surface area contributed by atoms with Crippen molar-refractivity contribution in [2.24, 2.45) is 0 Å². The standard InChI is InChI=1S/C13H16N2OS/c1-9-6-11(10(2)17-9)7-14-12-4-5-13(16-3)15-8-12/h4-6,8,14H,7H2,1-3H3. The molecule has 3 nitrogen and oxygen atoms in total. The number of ether oxygens (including phenoxy) is 1. The molecule has 0 unspecified atom stereocenters. The first-order valence-corrected chi connectivity index (χ1v) is 6.30. The predicted molar refractivity (Wildman–Crippen MR) is 71.9 cm³/mol. The maximum absolute atomic E-state index is 5.02. The summed E-state index contributed by atoms with van der Waals surface area (Å²) in [5.41, 5.74) is 2.36. The number of pyridine rings is 1. The fraction of sp³-hybridized carbons (Fsp3) is 0.308. The monoisotopic (exact) mass is 248 g/mol. The van der Waals surface area contributed by atoms with E-state index in [2.05, 4.69) is 30.2 Å². The van der Waals surface area contributed by atoms with Crippen molar-refractivity contribution in [1.29, 1.82) is 0 Å². The van der Waals surface area contributed by atoms with Crippen LogP contribution < -0.4 is 10.1 Å². The summed E-state index contributed by atoms with van der Waals surface area (Å²) in [6, 6.07) is 6.05. The van der Waals surface area contributed by atoms with Crippen molar-refractivity contribution >= 4 is 17.0 Å². The molecule has 2 heterocycles. The van der Waals surface area contributed by atoms with Gasteiger partial charge in [0.2, 0.25) is 5.88 Å². The lowest BCUT2D eigenvalue weighted by atomic mass is 10.2. The molecule has 0 aliphatic carbocycles. The van der Waals surface area contributed by atoms with Crippen molar-refractivity contribution in [3.63, 3.8) is 0 Å². The molecule has 2 rings (SSSR count). The predicted octanol–water partition coefficient (Wildman–Crippen LogP) is 3.38. The lowest BCUT2D eigenvalue weighted by molar-refractivity contribution is 0.398. The number of rotatable bonds is 4. The minimum atomic E-state index is 0.637. The van der Waals surface area contributed by atoms with Crippen LogP contribution in [-0.2, 0) is 6.54 Å². The van der Waals surface area contributed by atoms with Gasteiger partial charge in [-0.25, -0.2) is 4.98 Å². The second kappa shape index (κ2) is 5.19. The smallest absolute Gasteiger partial charge is 0.213 e. The molecule has 0 aromatic carbocycles. The number of anilines is 1. The van der Waals surface area contributed by atoms with Gasteiger partial charge in [-0.1, -0.05) is 0 Å². The summed E-state index contributed by atoms with van der Waals surface area (Å²) < 4.78 is 5.02. The number of nitrogens with zero attached hydrogens (tertiary/aromatic N) is 1. The lowest BCUT2D eigenvalue weighted by Crippen LogP contribution is -2.00. The summed E-state index contributed by atoms with van der Waals surface area (Å²) in [5.74, 6) is 0.637. The molecule has 0 radical (unpaired) electrons. The number of aryl methyl sites for hydroxylation is 2. The third-order valence-electron chi connectivity index (χ3n) is 2.57. The Morgan fingerprint density at radius 3 is 2.71 bits per heavy atom. The average molecular weight is 248 g/mol. The molecule has 2 aromatic heterocycles. The molecule has 0 bridgehead atoms. The average Bonchev–Trinajstić information content (AvgIpc) is 2.66. The van der Waals surface area contributed by atoms with Crippen LogP contribution in [0.2, 0.25) is 0 Å². The van der Waals surface area contributed by atoms with Crippen LogP contribution in [0.25, 0.3) is 0 Å². The highest BCUT2D eigenvalue weighted by molar-refractivity contribution is 7.12. The maximum atomic E-state index is 5.02. The van der Waals surface area contributed by atoms with Gasteiger partial charge in [0, 0.05) is 22.4 Å². The Morgan fingerprint density at radius 1 is 1.35 bits per heavy atom. The number of aromatic nitrogens is 1. The van der Waals surface area contributed by atoms with E-state index >= 15 is 0 Å². The van der Waals surface area contributed by atoms with Crippen LogP contribution in [0.1, 0.15) is 15.3 Å². The summed E-state index contributed by atoms with van der Waals surface area (Å²) in [6.45, 7) is 5.13. The van der Waals surface area contributed by atoms with Gasteiger partial charge in [-0.05, 0) is 31.5 Å². The molecule has 0 aliphatic rings. The van der Waals surface area contributed by atoms with E-state index in [1.54, 1.807) is 13.3 Å². The summed E-state index contributed by atoms with van der Waals surface area (Å²) >= 11 is 1.83. The molecule has 90 valence electrons. The summed E-state index contributed by atoms with van der Waals surface area (Å²) in [7, 11) is 1.62. The van der Waals surface area contributed by atoms with Gasteiger partial charge in [0.15, 0.2) is 0 Å². The summed E-state index contributed by atoms with van der Waals surface area (Å²) in [4.78, 5) is 6.88. The second-order valence-electron chi connectivity index (χ2n) is 3.88. The van der Waals surface area contributed by atoms with Crippen molar-refractivity contribution in [2.75, 3.05) is 12.4 Å². The third-order valence-corrected chi connectivity index (χ3v) is 3.58. The molecule has 0 saturated heterocycles. The molecule has 0 spiro atoms. The minimum Gasteiger partial charge on any atom is -0.481 e. The molecule has 0 fully saturated rings. The highest BCUT2D eigenvalue weighted by Crippen LogP contribution is 2.21. The van der Waals surface area contributed by atoms with Gasteiger partial charge in [0.05, 0.1) is 19.0 Å². The van der Waals surface area contributed by atoms with Crippen molar-refractivity contribution < 1.29 is 4.74 Å². The number of thiophene rings is 1. The van der Waals surface area contributed by atoms with Gasteiger partial charge in [-0.2, -0.15) is 0 Å². The zero-order valence-electron chi connectivity index (χ0n) is 10.3. The Morgan fingerprint density at radius 2 is 2.18 bits per heavy atom. The Balaban J connectivity index is 1.99. The SMILES string of the molecule is COc1ccc(NCc2cc(C)sc2C)cn1. The van der Waals surface area contributed by atoms with E-state index in [1.807, 2.05) is 23.5 Å². The van der Waals surface area contributed by atoms with E-state index in [9.17, 15) is 0 Å². The highest BCUT2D eigenvalue weighted by atomic mass is 32.1. The first kappa shape index (κ1) is 11.9. The van der Waals surface area contributed by atoms with Crippen LogP contribution in [0.4, 0.5) is 5.69 Å². The Labute approximate surface area is 105 Å². The number of nitrogens with one attached hydrogen (secondary N) is 1. The maximum Gasteiger partial charge on any atom is 0.213 e. The molecule has 0 atom stereocenters. The summed E-state index contributed by atoms with van der Waals surface area (Å²) in [5, 5.41) is 3.36. The van der Waals surface area contributed by atoms with E-state index in [1.165, 1.54) is 15.3 Å². The minimum absolute atomic E-state index is 0.637. The molecule has 4 heteroatoms. The second-order valence-corrected chi connectivity index (χ2v) is 5.34. The van der Waals surface area contributed by atoms with E-state index in [0.29, 0.717) is 5.88 Å². The van der Waals surface area contributed by atoms with E-state index < -0.39 is 0 Å². The fourth-order valence-corrected chi connectivity index (χ4v) is 2.61. The molecular weight excluding hydrogens is 232 g/mol. The Hall–Kier alpha value is -1.55. The van der Waals surface area contributed by atoms with Crippen LogP contribution in [0, 0.1) is 13.8 Å². The van der Waals surface area contributed by atoms with Crippen molar-refractivity contribution in [2.45, 2.75) is 20.4 Å². The highest BCUT2D eigenvalue weighted by Gasteiger charge is 2.02. The molecular formula is C13H16N2OS. The largest absolute Gasteiger partial charge is 0.481 e. The van der Waals surface area contributed by atoms with Crippen LogP contribution in [0.15, 0.2) is 24.4 Å². The van der Waals surface area contributed by atoms with Gasteiger partial charge >= 0.3 is 0 Å². The zero-order chi connectivity index (χ0) is 12.3. The normalized spacial score (nSPS) is 10.3. The van der Waals surface area contributed by atoms with E-state index in [-0.39, 0.29) is 0 Å². The van der Waals surface area contributed by atoms with Gasteiger partial charge in [-0.3, -0.25) is 0 Å². The molecule has 0 amide bonds. The van der Waals surface area contributed by atoms with Crippen LogP contribution in [0.5, 0.6) is 5.88 Å². The number of hydrogen-bond donors (Lipinski definition) is 1. The quantitative estimate of drug-likeness (QED) is 0.900. The number of hydrogen-bond acceptors (Lipinski definition) is 4. The number of methoxy groups -OCH3 is 1. The van der Waals surface area contributed by atoms with Crippen LogP contribution in [0.3, 0.4) is 0 Å². The first-order valence-electron chi connectivity index (χ1n) is 5.49. The Bertz CT molecular complexity index is 491. The third kappa shape index (κ3) is 2.97. The first-order chi connectivity index (χ1) is 8.19. The van der Waals surface area contributed by atoms with Crippen molar-refractivity contribution in [3.05, 3.63) is 39.7 Å². The van der Waals surface area contributed by atoms with E-state index in [0.717, 1.165) is 12.2 Å². The van der Waals surface area contributed by atoms with Crippen molar-refractivity contribution in [1.82, 2.24) is 4.98 Å². The molecule has 0 aliphatic heterocycles. The molecule has 2 aromatic rings. The van der Waals surface area contributed by atoms with E-state index in [4.69, 9.17) is 4.74 Å². The van der Waals surface area contributed by atoms with Gasteiger partial charge in [0.1, 0.15) is 0 Å². The van der Waals surface area contributed by atoms with Crippen molar-refractivity contribution in [3.8, 4) is 5.88 Å². The molecule has 17 heavy (non-hydrogen) atoms. The molecule has 0 saturated carbocycles. The van der Waals surface area contributed by atoms with Gasteiger partial charge in [0.25, 0.3) is 0 Å². The molecule has 1 N–H and O–H groups in total. The van der Waals surface area contributed by atoms with Crippen LogP contribution in [-0.4, -0.2) is 12.1 Å². The lowest BCUT2D eigenvalue weighted by Gasteiger charge is -2.06. The Kier molecular flexibility index (Phi) is 3.64. The topological polar surface area (TPSA) is 34.1 Å². The van der Waals surface area contributed by atoms with Gasteiger partial charge < -0.3 is 10.1 Å². The van der Waals surface area contributed by atoms with Gasteiger partial charge in [-0.15, -0.1) is 11.3 Å². The van der Waals surface area contributed by atoms with Crippen LogP contribution >= 0.6 is 11.3 Å². The zero-order valence-corrected chi connectivity index (χ0v) is 11.1.